The predicted molar refractivity (Wildman–Crippen MR) is 171 cm³/mol. The number of aryl methyl sites for hydroxylation is 1. The first-order chi connectivity index (χ1) is 20.3. The molecule has 0 saturated heterocycles. The second-order valence-electron chi connectivity index (χ2n) is 10.8. The number of anilines is 5. The Balaban J connectivity index is 1.39. The van der Waals surface area contributed by atoms with Gasteiger partial charge in [-0.05, 0) is 94.5 Å². The number of nitrogens with zero attached hydrogens (tertiary/aromatic N) is 3. The smallest absolute Gasteiger partial charge is 0.0991 e. The second-order valence-corrected chi connectivity index (χ2v) is 10.8. The number of benzene rings is 7. The van der Waals surface area contributed by atoms with Crippen molar-refractivity contribution in [3.8, 4) is 6.07 Å². The van der Waals surface area contributed by atoms with E-state index in [0.29, 0.717) is 5.56 Å². The van der Waals surface area contributed by atoms with E-state index in [-0.39, 0.29) is 0 Å². The zero-order valence-corrected chi connectivity index (χ0v) is 22.6. The van der Waals surface area contributed by atoms with Gasteiger partial charge in [-0.1, -0.05) is 72.8 Å². The molecule has 0 N–H and O–H groups in total. The highest BCUT2D eigenvalue weighted by molar-refractivity contribution is 6.27. The molecule has 0 fully saturated rings. The molecule has 3 heteroatoms. The summed E-state index contributed by atoms with van der Waals surface area (Å²) in [6, 6.07) is 47.6. The predicted octanol–water partition coefficient (Wildman–Crippen LogP) is 10.0. The largest absolute Gasteiger partial charge is 0.341 e. The third-order valence-electron chi connectivity index (χ3n) is 8.53. The summed E-state index contributed by atoms with van der Waals surface area (Å²) in [7, 11) is 0. The highest BCUT2D eigenvalue weighted by Gasteiger charge is 2.23. The summed E-state index contributed by atoms with van der Waals surface area (Å²) in [5, 5.41) is 17.0. The number of hydrogen-bond acceptors (Lipinski definition) is 3. The standard InChI is InChI=1S/C38H27N3/c39-25-26-12-18-31(19-13-26)41(30-9-2-1-3-10-30)36-23-17-29-14-20-32-35(22-16-28-15-21-33(36)38(29)37(28)32)40-24-6-8-27-7-4-5-11-34(27)40/h1-5,7,9-23H,6,8,24H2. The first-order valence-electron chi connectivity index (χ1n) is 14.2. The number of rotatable bonds is 4. The fraction of sp³-hybridized carbons (Fsp3) is 0.0789. The van der Waals surface area contributed by atoms with E-state index in [1.165, 1.54) is 49.3 Å². The van der Waals surface area contributed by atoms with Crippen molar-refractivity contribution in [3.63, 3.8) is 0 Å². The van der Waals surface area contributed by atoms with Crippen LogP contribution in [0.2, 0.25) is 0 Å². The minimum absolute atomic E-state index is 0.656. The maximum absolute atomic E-state index is 9.40. The third-order valence-corrected chi connectivity index (χ3v) is 8.53. The van der Waals surface area contributed by atoms with E-state index in [1.807, 2.05) is 30.3 Å². The van der Waals surface area contributed by atoms with Gasteiger partial charge in [0.25, 0.3) is 0 Å². The molecule has 7 aromatic carbocycles. The van der Waals surface area contributed by atoms with Crippen molar-refractivity contribution in [1.82, 2.24) is 0 Å². The van der Waals surface area contributed by atoms with E-state index in [2.05, 4.69) is 113 Å². The van der Waals surface area contributed by atoms with Gasteiger partial charge in [0.15, 0.2) is 0 Å². The van der Waals surface area contributed by atoms with Crippen molar-refractivity contribution < 1.29 is 0 Å². The molecule has 194 valence electrons. The highest BCUT2D eigenvalue weighted by atomic mass is 15.1. The third kappa shape index (κ3) is 3.72. The molecule has 0 spiro atoms. The van der Waals surface area contributed by atoms with Gasteiger partial charge in [-0.3, -0.25) is 0 Å². The summed E-state index contributed by atoms with van der Waals surface area (Å²) >= 11 is 0. The van der Waals surface area contributed by atoms with Gasteiger partial charge in [-0.25, -0.2) is 0 Å². The molecule has 0 radical (unpaired) electrons. The quantitative estimate of drug-likeness (QED) is 0.214. The highest BCUT2D eigenvalue weighted by Crippen LogP contribution is 2.46. The Morgan fingerprint density at radius 3 is 2.05 bits per heavy atom. The van der Waals surface area contributed by atoms with Gasteiger partial charge < -0.3 is 9.80 Å². The van der Waals surface area contributed by atoms with E-state index in [1.54, 1.807) is 0 Å². The topological polar surface area (TPSA) is 30.3 Å². The van der Waals surface area contributed by atoms with Gasteiger partial charge in [0.05, 0.1) is 17.3 Å². The van der Waals surface area contributed by atoms with Crippen LogP contribution in [0.3, 0.4) is 0 Å². The first kappa shape index (κ1) is 23.5. The van der Waals surface area contributed by atoms with Gasteiger partial charge in [0.2, 0.25) is 0 Å². The maximum Gasteiger partial charge on any atom is 0.0991 e. The molecule has 3 nitrogen and oxygen atoms in total. The second kappa shape index (κ2) is 9.40. The molecule has 0 amide bonds. The lowest BCUT2D eigenvalue weighted by Gasteiger charge is -2.33. The fourth-order valence-corrected chi connectivity index (χ4v) is 6.67. The van der Waals surface area contributed by atoms with Gasteiger partial charge in [-0.2, -0.15) is 5.26 Å². The molecule has 0 aromatic heterocycles. The monoisotopic (exact) mass is 525 g/mol. The molecular weight excluding hydrogens is 498 g/mol. The lowest BCUT2D eigenvalue weighted by atomic mass is 9.91. The van der Waals surface area contributed by atoms with Crippen LogP contribution in [0, 0.1) is 11.3 Å². The van der Waals surface area contributed by atoms with Crippen molar-refractivity contribution >= 4 is 60.8 Å². The van der Waals surface area contributed by atoms with E-state index in [9.17, 15) is 5.26 Å². The normalized spacial score (nSPS) is 13.0. The Morgan fingerprint density at radius 1 is 0.585 bits per heavy atom. The number of para-hydroxylation sites is 2. The minimum atomic E-state index is 0.656. The Kier molecular flexibility index (Phi) is 5.40. The van der Waals surface area contributed by atoms with Gasteiger partial charge in [0.1, 0.15) is 0 Å². The molecule has 41 heavy (non-hydrogen) atoms. The van der Waals surface area contributed by atoms with Crippen LogP contribution in [-0.2, 0) is 6.42 Å². The maximum atomic E-state index is 9.40. The summed E-state index contributed by atoms with van der Waals surface area (Å²) in [6.07, 6.45) is 2.28. The average Bonchev–Trinajstić information content (AvgIpc) is 3.05. The van der Waals surface area contributed by atoms with Crippen molar-refractivity contribution in [2.24, 2.45) is 0 Å². The Labute approximate surface area is 239 Å². The summed E-state index contributed by atoms with van der Waals surface area (Å²) < 4.78 is 0. The van der Waals surface area contributed by atoms with Crippen LogP contribution in [0.25, 0.3) is 32.3 Å². The summed E-state index contributed by atoms with van der Waals surface area (Å²) in [6.45, 7) is 1.02. The van der Waals surface area contributed by atoms with Crippen molar-refractivity contribution in [3.05, 3.63) is 139 Å². The summed E-state index contributed by atoms with van der Waals surface area (Å²) in [4.78, 5) is 4.81. The summed E-state index contributed by atoms with van der Waals surface area (Å²) in [5.74, 6) is 0. The zero-order chi connectivity index (χ0) is 27.3. The summed E-state index contributed by atoms with van der Waals surface area (Å²) in [5.41, 5.74) is 7.91. The van der Waals surface area contributed by atoms with E-state index in [0.717, 1.165) is 36.4 Å². The van der Waals surface area contributed by atoms with Gasteiger partial charge >= 0.3 is 0 Å². The molecule has 0 aliphatic carbocycles. The van der Waals surface area contributed by atoms with Crippen LogP contribution in [0.1, 0.15) is 17.5 Å². The molecule has 1 heterocycles. The molecule has 8 rings (SSSR count). The Bertz CT molecular complexity index is 2090. The van der Waals surface area contributed by atoms with Gasteiger partial charge in [0, 0.05) is 40.1 Å². The van der Waals surface area contributed by atoms with Crippen LogP contribution in [0.4, 0.5) is 28.4 Å². The molecule has 0 unspecified atom stereocenters. The van der Waals surface area contributed by atoms with Crippen molar-refractivity contribution in [2.75, 3.05) is 16.3 Å². The van der Waals surface area contributed by atoms with Crippen molar-refractivity contribution in [1.29, 1.82) is 5.26 Å². The van der Waals surface area contributed by atoms with Crippen LogP contribution >= 0.6 is 0 Å². The zero-order valence-electron chi connectivity index (χ0n) is 22.6. The number of nitriles is 1. The Hall–Kier alpha value is -5.33. The molecule has 0 atom stereocenters. The van der Waals surface area contributed by atoms with E-state index >= 15 is 0 Å². The van der Waals surface area contributed by atoms with E-state index in [4.69, 9.17) is 0 Å². The molecule has 1 aliphatic rings. The molecule has 7 aromatic rings. The van der Waals surface area contributed by atoms with E-state index < -0.39 is 0 Å². The Morgan fingerprint density at radius 2 is 1.24 bits per heavy atom. The van der Waals surface area contributed by atoms with Crippen LogP contribution in [-0.4, -0.2) is 6.54 Å². The van der Waals surface area contributed by atoms with Crippen LogP contribution < -0.4 is 9.80 Å². The molecule has 1 aliphatic heterocycles. The van der Waals surface area contributed by atoms with Crippen molar-refractivity contribution in [2.45, 2.75) is 12.8 Å². The lowest BCUT2D eigenvalue weighted by Crippen LogP contribution is -2.24. The number of hydrogen-bond donors (Lipinski definition) is 0. The SMILES string of the molecule is N#Cc1ccc(N(c2ccccc2)c2ccc3ccc4c(N5CCCc6ccccc65)ccc5ccc2c3c54)cc1. The minimum Gasteiger partial charge on any atom is -0.341 e. The van der Waals surface area contributed by atoms with Gasteiger partial charge in [-0.15, -0.1) is 0 Å². The van der Waals surface area contributed by atoms with Crippen LogP contribution in [0.15, 0.2) is 127 Å². The molecule has 0 saturated carbocycles. The first-order valence-corrected chi connectivity index (χ1v) is 14.2. The fourth-order valence-electron chi connectivity index (χ4n) is 6.67. The molecule has 0 bridgehead atoms. The van der Waals surface area contributed by atoms with Crippen LogP contribution in [0.5, 0.6) is 0 Å². The number of fused-ring (bicyclic) bond motifs is 1. The lowest BCUT2D eigenvalue weighted by molar-refractivity contribution is 0.768. The molecular formula is C38H27N3. The average molecular weight is 526 g/mol.